The molecule has 2 rings (SSSR count). The van der Waals surface area contributed by atoms with Gasteiger partial charge in [-0.25, -0.2) is 0 Å². The monoisotopic (exact) mass is 262 g/mol. The summed E-state index contributed by atoms with van der Waals surface area (Å²) in [4.78, 5) is 14.3. The first-order valence-electron chi connectivity index (χ1n) is 6.45. The van der Waals surface area contributed by atoms with Crippen LogP contribution in [0.5, 0.6) is 0 Å². The molecule has 2 aliphatic rings. The van der Waals surface area contributed by atoms with Crippen molar-refractivity contribution in [3.63, 3.8) is 0 Å². The Labute approximate surface area is 109 Å². The Morgan fingerprint density at radius 1 is 1.29 bits per heavy atom. The van der Waals surface area contributed by atoms with Gasteiger partial charge in [0.05, 0.1) is 0 Å². The summed E-state index contributed by atoms with van der Waals surface area (Å²) in [5, 5.41) is 0. The van der Waals surface area contributed by atoms with Gasteiger partial charge in [-0.05, 0) is 45.1 Å². The van der Waals surface area contributed by atoms with Gasteiger partial charge in [-0.3, -0.25) is 4.79 Å². The summed E-state index contributed by atoms with van der Waals surface area (Å²) in [5.74, 6) is 0.204. The van der Waals surface area contributed by atoms with E-state index < -0.39 is 0 Å². The maximum absolute atomic E-state index is 12.2. The van der Waals surface area contributed by atoms with E-state index in [0.29, 0.717) is 12.6 Å². The Kier molecular flexibility index (Phi) is 6.23. The van der Waals surface area contributed by atoms with Crippen LogP contribution >= 0.6 is 12.4 Å². The lowest BCUT2D eigenvalue weighted by Gasteiger charge is -2.37. The Morgan fingerprint density at radius 3 is 2.76 bits per heavy atom. The second-order valence-electron chi connectivity index (χ2n) is 4.76. The van der Waals surface area contributed by atoms with E-state index in [2.05, 4.69) is 0 Å². The molecule has 2 saturated heterocycles. The third-order valence-electron chi connectivity index (χ3n) is 3.62. The minimum Gasteiger partial charge on any atom is -0.368 e. The molecule has 0 aromatic carbocycles. The number of amides is 1. The van der Waals surface area contributed by atoms with Gasteiger partial charge in [-0.1, -0.05) is 0 Å². The molecule has 0 aromatic rings. The Balaban J connectivity index is 0.00000144. The van der Waals surface area contributed by atoms with Gasteiger partial charge < -0.3 is 15.4 Å². The van der Waals surface area contributed by atoms with Crippen LogP contribution in [0.4, 0.5) is 0 Å². The highest BCUT2D eigenvalue weighted by Gasteiger charge is 2.33. The molecule has 0 saturated carbocycles. The van der Waals surface area contributed by atoms with E-state index in [9.17, 15) is 4.79 Å². The molecule has 5 heteroatoms. The largest absolute Gasteiger partial charge is 0.368 e. The van der Waals surface area contributed by atoms with Crippen LogP contribution in [0.25, 0.3) is 0 Å². The first-order valence-corrected chi connectivity index (χ1v) is 6.45. The summed E-state index contributed by atoms with van der Waals surface area (Å²) in [5.41, 5.74) is 5.61. The van der Waals surface area contributed by atoms with E-state index in [1.165, 1.54) is 6.42 Å². The van der Waals surface area contributed by atoms with Crippen molar-refractivity contribution in [1.82, 2.24) is 4.90 Å². The Hall–Kier alpha value is -0.320. The van der Waals surface area contributed by atoms with Gasteiger partial charge in [0.25, 0.3) is 5.91 Å². The van der Waals surface area contributed by atoms with Crippen LogP contribution in [-0.4, -0.2) is 42.6 Å². The van der Waals surface area contributed by atoms with Crippen molar-refractivity contribution in [2.75, 3.05) is 19.7 Å². The van der Waals surface area contributed by atoms with Gasteiger partial charge in [0.15, 0.2) is 0 Å². The number of rotatable bonds is 3. The zero-order valence-corrected chi connectivity index (χ0v) is 11.1. The average Bonchev–Trinajstić information content (AvgIpc) is 2.83. The molecule has 0 aromatic heterocycles. The second kappa shape index (κ2) is 7.19. The van der Waals surface area contributed by atoms with Crippen molar-refractivity contribution in [3.8, 4) is 0 Å². The molecule has 2 atom stereocenters. The summed E-state index contributed by atoms with van der Waals surface area (Å²) in [6, 6.07) is 0.357. The fourth-order valence-electron chi connectivity index (χ4n) is 2.74. The molecular weight excluding hydrogens is 240 g/mol. The summed E-state index contributed by atoms with van der Waals surface area (Å²) >= 11 is 0. The number of halogens is 1. The molecule has 0 bridgehead atoms. The minimum absolute atomic E-state index is 0. The molecule has 2 heterocycles. The van der Waals surface area contributed by atoms with Crippen molar-refractivity contribution in [2.24, 2.45) is 5.73 Å². The van der Waals surface area contributed by atoms with Crippen molar-refractivity contribution in [1.29, 1.82) is 0 Å². The lowest BCUT2D eigenvalue weighted by Crippen LogP contribution is -2.48. The molecule has 0 spiro atoms. The van der Waals surface area contributed by atoms with Crippen molar-refractivity contribution < 1.29 is 9.53 Å². The predicted octanol–water partition coefficient (Wildman–Crippen LogP) is 1.32. The van der Waals surface area contributed by atoms with Crippen molar-refractivity contribution >= 4 is 18.3 Å². The zero-order chi connectivity index (χ0) is 11.4. The van der Waals surface area contributed by atoms with Gasteiger partial charge >= 0.3 is 0 Å². The summed E-state index contributed by atoms with van der Waals surface area (Å²) in [6.07, 6.45) is 6.13. The highest BCUT2D eigenvalue weighted by atomic mass is 35.5. The molecular formula is C12H23ClN2O2. The fraction of sp³-hybridized carbons (Fsp3) is 0.917. The van der Waals surface area contributed by atoms with Gasteiger partial charge in [0.1, 0.15) is 6.10 Å². The van der Waals surface area contributed by atoms with E-state index >= 15 is 0 Å². The molecule has 2 aliphatic heterocycles. The quantitative estimate of drug-likeness (QED) is 0.835. The standard InChI is InChI=1S/C12H22N2O2.ClH/c13-7-6-10-4-1-2-8-14(10)12(15)11-5-3-9-16-11;/h10-11H,1-9,13H2;1H. The molecule has 2 unspecified atom stereocenters. The van der Waals surface area contributed by atoms with Crippen LogP contribution in [-0.2, 0) is 9.53 Å². The SMILES string of the molecule is Cl.NCCC1CCCCN1C(=O)C1CCCO1. The van der Waals surface area contributed by atoms with E-state index in [-0.39, 0.29) is 24.4 Å². The van der Waals surface area contributed by atoms with Gasteiger partial charge in [-0.15, -0.1) is 12.4 Å². The molecule has 0 radical (unpaired) electrons. The third-order valence-corrected chi connectivity index (χ3v) is 3.62. The number of ether oxygens (including phenoxy) is 1. The number of nitrogens with two attached hydrogens (primary N) is 1. The first kappa shape index (κ1) is 14.7. The van der Waals surface area contributed by atoms with E-state index in [1.54, 1.807) is 0 Å². The van der Waals surface area contributed by atoms with E-state index in [0.717, 1.165) is 45.3 Å². The minimum atomic E-state index is -0.168. The van der Waals surface area contributed by atoms with Crippen LogP contribution in [0.2, 0.25) is 0 Å². The predicted molar refractivity (Wildman–Crippen MR) is 69.2 cm³/mol. The Bertz CT molecular complexity index is 243. The van der Waals surface area contributed by atoms with Crippen LogP contribution in [0.15, 0.2) is 0 Å². The maximum Gasteiger partial charge on any atom is 0.251 e. The smallest absolute Gasteiger partial charge is 0.251 e. The first-order chi connectivity index (χ1) is 7.83. The topological polar surface area (TPSA) is 55.6 Å². The molecule has 2 N–H and O–H groups in total. The molecule has 0 aliphatic carbocycles. The normalized spacial score (nSPS) is 28.9. The maximum atomic E-state index is 12.2. The van der Waals surface area contributed by atoms with Crippen LogP contribution in [0.3, 0.4) is 0 Å². The van der Waals surface area contributed by atoms with Gasteiger partial charge in [-0.2, -0.15) is 0 Å². The number of likely N-dealkylation sites (tertiary alicyclic amines) is 1. The van der Waals surface area contributed by atoms with Crippen molar-refractivity contribution in [3.05, 3.63) is 0 Å². The average molecular weight is 263 g/mol. The molecule has 2 fully saturated rings. The fourth-order valence-corrected chi connectivity index (χ4v) is 2.74. The highest BCUT2D eigenvalue weighted by molar-refractivity contribution is 5.85. The molecule has 1 amide bonds. The molecule has 17 heavy (non-hydrogen) atoms. The number of hydrogen-bond donors (Lipinski definition) is 1. The summed E-state index contributed by atoms with van der Waals surface area (Å²) in [6.45, 7) is 2.30. The van der Waals surface area contributed by atoms with Crippen molar-refractivity contribution in [2.45, 2.75) is 50.7 Å². The Morgan fingerprint density at radius 2 is 2.12 bits per heavy atom. The van der Waals surface area contributed by atoms with Crippen LogP contribution in [0.1, 0.15) is 38.5 Å². The second-order valence-corrected chi connectivity index (χ2v) is 4.76. The van der Waals surface area contributed by atoms with Crippen LogP contribution < -0.4 is 5.73 Å². The van der Waals surface area contributed by atoms with Crippen LogP contribution in [0, 0.1) is 0 Å². The molecule has 4 nitrogen and oxygen atoms in total. The number of nitrogens with zero attached hydrogens (tertiary/aromatic N) is 1. The lowest BCUT2D eigenvalue weighted by atomic mass is 9.98. The lowest BCUT2D eigenvalue weighted by molar-refractivity contribution is -0.144. The number of carbonyl (C=O) groups is 1. The zero-order valence-electron chi connectivity index (χ0n) is 10.3. The number of piperidine rings is 1. The highest BCUT2D eigenvalue weighted by Crippen LogP contribution is 2.23. The summed E-state index contributed by atoms with van der Waals surface area (Å²) in [7, 11) is 0. The number of hydrogen-bond acceptors (Lipinski definition) is 3. The third kappa shape index (κ3) is 3.57. The van der Waals surface area contributed by atoms with Gasteiger partial charge in [0.2, 0.25) is 0 Å². The summed E-state index contributed by atoms with van der Waals surface area (Å²) < 4.78 is 5.47. The van der Waals surface area contributed by atoms with E-state index in [4.69, 9.17) is 10.5 Å². The number of carbonyl (C=O) groups excluding carboxylic acids is 1. The molecule has 100 valence electrons. The van der Waals surface area contributed by atoms with E-state index in [1.807, 2.05) is 4.90 Å². The van der Waals surface area contributed by atoms with Gasteiger partial charge in [0, 0.05) is 19.2 Å².